The summed E-state index contributed by atoms with van der Waals surface area (Å²) in [5.74, 6) is 1.33. The Morgan fingerprint density at radius 2 is 1.62 bits per heavy atom. The molecule has 0 bridgehead atoms. The Kier molecular flexibility index (Phi) is 6.01. The van der Waals surface area contributed by atoms with Gasteiger partial charge in [-0.05, 0) is 74.9 Å². The molecule has 2 aromatic carbocycles. The predicted molar refractivity (Wildman–Crippen MR) is 96.9 cm³/mol. The molecule has 0 aliphatic carbocycles. The largest absolute Gasteiger partial charge is 0.491 e. The van der Waals surface area contributed by atoms with Crippen molar-refractivity contribution in [1.29, 1.82) is 0 Å². The molecule has 1 amide bonds. The molecule has 24 heavy (non-hydrogen) atoms. The maximum atomic E-state index is 12.3. The zero-order valence-corrected chi connectivity index (χ0v) is 14.3. The van der Waals surface area contributed by atoms with Crippen LogP contribution in [0.4, 0.5) is 5.69 Å². The molecule has 4 nitrogen and oxygen atoms in total. The number of benzene rings is 2. The van der Waals surface area contributed by atoms with Gasteiger partial charge in [0.15, 0.2) is 0 Å². The van der Waals surface area contributed by atoms with Crippen LogP contribution in [-0.4, -0.2) is 18.6 Å². The first kappa shape index (κ1) is 17.6. The molecule has 0 spiro atoms. The number of nitrogens with one attached hydrogen (secondary N) is 1. The summed E-state index contributed by atoms with van der Waals surface area (Å²) < 4.78 is 11.1. The van der Waals surface area contributed by atoms with Gasteiger partial charge in [0.25, 0.3) is 5.91 Å². The first-order valence-corrected chi connectivity index (χ1v) is 7.89. The standard InChI is InChI=1S/C20H23NO3/c1-14(2)13-23-18-11-7-17(8-12-18)21-20(22)16-5-9-19(10-6-16)24-15(3)4/h5-12,15H,1,13H2,2-4H3,(H,21,22). The molecular formula is C20H23NO3. The highest BCUT2D eigenvalue weighted by molar-refractivity contribution is 6.04. The van der Waals surface area contributed by atoms with Gasteiger partial charge in [0, 0.05) is 11.3 Å². The van der Waals surface area contributed by atoms with Gasteiger partial charge in [-0.1, -0.05) is 6.58 Å². The van der Waals surface area contributed by atoms with Crippen molar-refractivity contribution in [3.8, 4) is 11.5 Å². The molecule has 4 heteroatoms. The van der Waals surface area contributed by atoms with Crippen molar-refractivity contribution in [1.82, 2.24) is 0 Å². The van der Waals surface area contributed by atoms with E-state index in [0.29, 0.717) is 17.9 Å². The zero-order valence-electron chi connectivity index (χ0n) is 14.3. The van der Waals surface area contributed by atoms with Crippen LogP contribution in [0.15, 0.2) is 60.7 Å². The van der Waals surface area contributed by atoms with Gasteiger partial charge in [-0.15, -0.1) is 0 Å². The highest BCUT2D eigenvalue weighted by Crippen LogP contribution is 2.18. The first-order valence-electron chi connectivity index (χ1n) is 7.89. The lowest BCUT2D eigenvalue weighted by molar-refractivity contribution is 0.102. The molecule has 0 saturated carbocycles. The van der Waals surface area contributed by atoms with Gasteiger partial charge in [-0.2, -0.15) is 0 Å². The summed E-state index contributed by atoms with van der Waals surface area (Å²) in [4.78, 5) is 12.3. The summed E-state index contributed by atoms with van der Waals surface area (Å²) in [6, 6.07) is 14.3. The van der Waals surface area contributed by atoms with Gasteiger partial charge in [-0.25, -0.2) is 0 Å². The van der Waals surface area contributed by atoms with Crippen molar-refractivity contribution < 1.29 is 14.3 Å². The second-order valence-corrected chi connectivity index (χ2v) is 5.92. The molecule has 0 saturated heterocycles. The average molecular weight is 325 g/mol. The molecule has 126 valence electrons. The Hall–Kier alpha value is -2.75. The number of hydrogen-bond acceptors (Lipinski definition) is 3. The van der Waals surface area contributed by atoms with E-state index in [0.717, 1.165) is 17.1 Å². The number of anilines is 1. The molecule has 0 fully saturated rings. The van der Waals surface area contributed by atoms with Crippen molar-refractivity contribution in [3.63, 3.8) is 0 Å². The van der Waals surface area contributed by atoms with Crippen LogP contribution in [0.5, 0.6) is 11.5 Å². The number of hydrogen-bond donors (Lipinski definition) is 1. The van der Waals surface area contributed by atoms with Gasteiger partial charge in [0.05, 0.1) is 6.10 Å². The van der Waals surface area contributed by atoms with Crippen molar-refractivity contribution in [2.45, 2.75) is 26.9 Å². The van der Waals surface area contributed by atoms with Crippen LogP contribution in [0.25, 0.3) is 0 Å². The van der Waals surface area contributed by atoms with Crippen LogP contribution in [0.1, 0.15) is 31.1 Å². The number of rotatable bonds is 7. The van der Waals surface area contributed by atoms with E-state index in [1.165, 1.54) is 0 Å². The Labute approximate surface area is 143 Å². The highest BCUT2D eigenvalue weighted by Gasteiger charge is 2.07. The van der Waals surface area contributed by atoms with Gasteiger partial charge < -0.3 is 14.8 Å². The second kappa shape index (κ2) is 8.20. The number of amides is 1. The highest BCUT2D eigenvalue weighted by atomic mass is 16.5. The molecule has 0 aliphatic heterocycles. The minimum Gasteiger partial charge on any atom is -0.491 e. The fraction of sp³-hybridized carbons (Fsp3) is 0.250. The van der Waals surface area contributed by atoms with Gasteiger partial charge in [0.2, 0.25) is 0 Å². The van der Waals surface area contributed by atoms with Crippen molar-refractivity contribution >= 4 is 11.6 Å². The summed E-state index contributed by atoms with van der Waals surface area (Å²) in [5, 5.41) is 2.86. The summed E-state index contributed by atoms with van der Waals surface area (Å²) in [5.41, 5.74) is 2.25. The van der Waals surface area contributed by atoms with Crippen LogP contribution in [0.3, 0.4) is 0 Å². The molecule has 0 radical (unpaired) electrons. The number of carbonyl (C=O) groups excluding carboxylic acids is 1. The van der Waals surface area contributed by atoms with E-state index in [1.54, 1.807) is 24.3 Å². The second-order valence-electron chi connectivity index (χ2n) is 5.92. The third-order valence-corrected chi connectivity index (χ3v) is 3.09. The summed E-state index contributed by atoms with van der Waals surface area (Å²) >= 11 is 0. The maximum Gasteiger partial charge on any atom is 0.255 e. The summed E-state index contributed by atoms with van der Waals surface area (Å²) in [7, 11) is 0. The third-order valence-electron chi connectivity index (χ3n) is 3.09. The van der Waals surface area contributed by atoms with Crippen LogP contribution >= 0.6 is 0 Å². The fourth-order valence-electron chi connectivity index (χ4n) is 2.00. The molecule has 0 aliphatic rings. The normalized spacial score (nSPS) is 10.3. The molecular weight excluding hydrogens is 302 g/mol. The van der Waals surface area contributed by atoms with E-state index in [2.05, 4.69) is 11.9 Å². The summed E-state index contributed by atoms with van der Waals surface area (Å²) in [6.45, 7) is 10.1. The first-order chi connectivity index (χ1) is 11.4. The lowest BCUT2D eigenvalue weighted by atomic mass is 10.2. The molecule has 0 atom stereocenters. The number of ether oxygens (including phenoxy) is 2. The van der Waals surface area contributed by atoms with Gasteiger partial charge >= 0.3 is 0 Å². The molecule has 0 heterocycles. The van der Waals surface area contributed by atoms with Crippen LogP contribution in [0, 0.1) is 0 Å². The quantitative estimate of drug-likeness (QED) is 0.752. The van der Waals surface area contributed by atoms with Crippen LogP contribution in [0.2, 0.25) is 0 Å². The third kappa shape index (κ3) is 5.47. The minimum atomic E-state index is -0.165. The average Bonchev–Trinajstić information content (AvgIpc) is 2.54. The van der Waals surface area contributed by atoms with Crippen molar-refractivity contribution in [2.75, 3.05) is 11.9 Å². The lowest BCUT2D eigenvalue weighted by Gasteiger charge is -2.10. The van der Waals surface area contributed by atoms with Gasteiger partial charge in [0.1, 0.15) is 18.1 Å². The van der Waals surface area contributed by atoms with E-state index >= 15 is 0 Å². The van der Waals surface area contributed by atoms with Crippen LogP contribution < -0.4 is 14.8 Å². The number of carbonyl (C=O) groups is 1. The molecule has 1 N–H and O–H groups in total. The zero-order chi connectivity index (χ0) is 17.5. The fourth-order valence-corrected chi connectivity index (χ4v) is 2.00. The SMILES string of the molecule is C=C(C)COc1ccc(NC(=O)c2ccc(OC(C)C)cc2)cc1. The van der Waals surface area contributed by atoms with Crippen molar-refractivity contribution in [3.05, 3.63) is 66.2 Å². The molecule has 2 aromatic rings. The summed E-state index contributed by atoms with van der Waals surface area (Å²) in [6.07, 6.45) is 0.107. The van der Waals surface area contributed by atoms with E-state index in [9.17, 15) is 4.79 Å². The predicted octanol–water partition coefficient (Wildman–Crippen LogP) is 4.68. The minimum absolute atomic E-state index is 0.107. The Morgan fingerprint density at radius 3 is 2.17 bits per heavy atom. The molecule has 0 unspecified atom stereocenters. The topological polar surface area (TPSA) is 47.6 Å². The van der Waals surface area contributed by atoms with E-state index in [1.807, 2.05) is 45.0 Å². The van der Waals surface area contributed by atoms with E-state index in [4.69, 9.17) is 9.47 Å². The Balaban J connectivity index is 1.95. The lowest BCUT2D eigenvalue weighted by Crippen LogP contribution is -2.12. The maximum absolute atomic E-state index is 12.3. The van der Waals surface area contributed by atoms with E-state index in [-0.39, 0.29) is 12.0 Å². The van der Waals surface area contributed by atoms with Gasteiger partial charge in [-0.3, -0.25) is 4.79 Å². The Bertz CT molecular complexity index is 688. The van der Waals surface area contributed by atoms with Crippen molar-refractivity contribution in [2.24, 2.45) is 0 Å². The van der Waals surface area contributed by atoms with E-state index < -0.39 is 0 Å². The Morgan fingerprint density at radius 1 is 1.04 bits per heavy atom. The smallest absolute Gasteiger partial charge is 0.255 e. The molecule has 0 aromatic heterocycles. The monoisotopic (exact) mass is 325 g/mol. The van der Waals surface area contributed by atoms with Crippen LogP contribution in [-0.2, 0) is 0 Å². The molecule has 2 rings (SSSR count).